The van der Waals surface area contributed by atoms with E-state index in [9.17, 15) is 4.79 Å². The average molecular weight is 291 g/mol. The number of rotatable bonds is 3. The Balaban J connectivity index is 1.76. The Bertz CT molecular complexity index is 484. The molecule has 1 fully saturated rings. The van der Waals surface area contributed by atoms with Crippen LogP contribution < -0.4 is 10.7 Å². The third-order valence-electron chi connectivity index (χ3n) is 2.73. The SMILES string of the molecule is O=C(/C=C/c1ccccc1)NC(=S)NN1CCOCC1. The maximum absolute atomic E-state index is 11.7. The molecule has 0 bridgehead atoms. The summed E-state index contributed by atoms with van der Waals surface area (Å²) in [4.78, 5) is 11.7. The van der Waals surface area contributed by atoms with E-state index in [2.05, 4.69) is 10.7 Å². The molecule has 0 saturated carbocycles. The maximum atomic E-state index is 11.7. The monoisotopic (exact) mass is 291 g/mol. The number of carbonyl (C=O) groups is 1. The van der Waals surface area contributed by atoms with Crippen molar-refractivity contribution < 1.29 is 9.53 Å². The third kappa shape index (κ3) is 5.08. The molecule has 0 atom stereocenters. The van der Waals surface area contributed by atoms with E-state index in [1.165, 1.54) is 6.08 Å². The Morgan fingerprint density at radius 2 is 1.95 bits per heavy atom. The van der Waals surface area contributed by atoms with Gasteiger partial charge >= 0.3 is 0 Å². The number of hydrogen-bond donors (Lipinski definition) is 2. The van der Waals surface area contributed by atoms with Gasteiger partial charge in [0.25, 0.3) is 0 Å². The lowest BCUT2D eigenvalue weighted by Crippen LogP contribution is -2.52. The van der Waals surface area contributed by atoms with Crippen LogP contribution in [0.2, 0.25) is 0 Å². The van der Waals surface area contributed by atoms with Gasteiger partial charge in [-0.05, 0) is 23.9 Å². The molecule has 5 nitrogen and oxygen atoms in total. The molecule has 1 aromatic rings. The van der Waals surface area contributed by atoms with Gasteiger partial charge in [-0.25, -0.2) is 5.01 Å². The minimum Gasteiger partial charge on any atom is -0.379 e. The number of hydrogen-bond acceptors (Lipinski definition) is 4. The van der Waals surface area contributed by atoms with Gasteiger partial charge in [0.2, 0.25) is 5.91 Å². The second kappa shape index (κ2) is 7.74. The number of nitrogens with zero attached hydrogens (tertiary/aromatic N) is 1. The molecule has 6 heteroatoms. The van der Waals surface area contributed by atoms with Crippen molar-refractivity contribution in [3.8, 4) is 0 Å². The molecule has 0 aliphatic carbocycles. The molecule has 2 rings (SSSR count). The minimum absolute atomic E-state index is 0.250. The second-order valence-electron chi connectivity index (χ2n) is 4.27. The van der Waals surface area contributed by atoms with Crippen molar-refractivity contribution in [1.29, 1.82) is 0 Å². The third-order valence-corrected chi connectivity index (χ3v) is 2.93. The normalized spacial score (nSPS) is 16.0. The van der Waals surface area contributed by atoms with Crippen LogP contribution in [0.25, 0.3) is 6.08 Å². The number of hydrazine groups is 1. The average Bonchev–Trinajstić information content (AvgIpc) is 2.47. The number of benzene rings is 1. The first-order valence-electron chi connectivity index (χ1n) is 6.41. The summed E-state index contributed by atoms with van der Waals surface area (Å²) < 4.78 is 5.23. The van der Waals surface area contributed by atoms with Crippen molar-refractivity contribution in [3.63, 3.8) is 0 Å². The van der Waals surface area contributed by atoms with Gasteiger partial charge in [-0.1, -0.05) is 30.3 Å². The molecule has 1 aliphatic heterocycles. The Morgan fingerprint density at radius 3 is 2.65 bits per heavy atom. The summed E-state index contributed by atoms with van der Waals surface area (Å²) >= 11 is 5.08. The first-order valence-corrected chi connectivity index (χ1v) is 6.82. The van der Waals surface area contributed by atoms with E-state index in [0.717, 1.165) is 18.7 Å². The topological polar surface area (TPSA) is 53.6 Å². The highest BCUT2D eigenvalue weighted by Gasteiger charge is 2.11. The largest absolute Gasteiger partial charge is 0.379 e. The Kier molecular flexibility index (Phi) is 5.67. The Hall–Kier alpha value is -1.76. The van der Waals surface area contributed by atoms with E-state index in [-0.39, 0.29) is 5.91 Å². The van der Waals surface area contributed by atoms with Crippen LogP contribution in [0.1, 0.15) is 5.56 Å². The number of carbonyl (C=O) groups excluding carboxylic acids is 1. The molecular formula is C14H17N3O2S. The highest BCUT2D eigenvalue weighted by Crippen LogP contribution is 2.00. The molecular weight excluding hydrogens is 274 g/mol. The van der Waals surface area contributed by atoms with Gasteiger partial charge in [0.05, 0.1) is 13.2 Å². The predicted molar refractivity (Wildman–Crippen MR) is 81.7 cm³/mol. The van der Waals surface area contributed by atoms with Crippen molar-refractivity contribution >= 4 is 29.3 Å². The number of nitrogens with one attached hydrogen (secondary N) is 2. The van der Waals surface area contributed by atoms with Gasteiger partial charge in [0.1, 0.15) is 0 Å². The zero-order valence-corrected chi connectivity index (χ0v) is 11.9. The second-order valence-corrected chi connectivity index (χ2v) is 4.68. The highest BCUT2D eigenvalue weighted by atomic mass is 32.1. The van der Waals surface area contributed by atoms with Crippen LogP contribution in [0.5, 0.6) is 0 Å². The van der Waals surface area contributed by atoms with Crippen molar-refractivity contribution in [1.82, 2.24) is 15.8 Å². The smallest absolute Gasteiger partial charge is 0.250 e. The maximum Gasteiger partial charge on any atom is 0.250 e. The standard InChI is InChI=1S/C14H17N3O2S/c18-13(7-6-12-4-2-1-3-5-12)15-14(20)16-17-8-10-19-11-9-17/h1-7H,8-11H2,(H2,15,16,18,20)/b7-6+. The Morgan fingerprint density at radius 1 is 1.25 bits per heavy atom. The summed E-state index contributed by atoms with van der Waals surface area (Å²) in [7, 11) is 0. The highest BCUT2D eigenvalue weighted by molar-refractivity contribution is 7.80. The van der Waals surface area contributed by atoms with E-state index in [0.29, 0.717) is 18.3 Å². The summed E-state index contributed by atoms with van der Waals surface area (Å²) in [6.07, 6.45) is 3.20. The van der Waals surface area contributed by atoms with Crippen LogP contribution in [0.4, 0.5) is 0 Å². The van der Waals surface area contributed by atoms with E-state index < -0.39 is 0 Å². The molecule has 1 heterocycles. The number of thiocarbonyl (C=S) groups is 1. The summed E-state index contributed by atoms with van der Waals surface area (Å²) in [6.45, 7) is 2.82. The summed E-state index contributed by atoms with van der Waals surface area (Å²) in [6, 6.07) is 9.62. The van der Waals surface area contributed by atoms with Gasteiger partial charge in [-0.15, -0.1) is 0 Å². The lowest BCUT2D eigenvalue weighted by atomic mass is 10.2. The zero-order chi connectivity index (χ0) is 14.2. The fourth-order valence-electron chi connectivity index (χ4n) is 1.74. The molecule has 0 radical (unpaired) electrons. The van der Waals surface area contributed by atoms with Gasteiger partial charge in [0, 0.05) is 19.2 Å². The van der Waals surface area contributed by atoms with Crippen molar-refractivity contribution in [2.75, 3.05) is 26.3 Å². The molecule has 20 heavy (non-hydrogen) atoms. The van der Waals surface area contributed by atoms with Crippen LogP contribution in [0.3, 0.4) is 0 Å². The first kappa shape index (κ1) is 14.6. The van der Waals surface area contributed by atoms with Crippen LogP contribution in [-0.2, 0) is 9.53 Å². The lowest BCUT2D eigenvalue weighted by Gasteiger charge is -2.27. The summed E-state index contributed by atoms with van der Waals surface area (Å²) in [5.74, 6) is -0.250. The molecule has 0 aromatic heterocycles. The Labute approximate surface area is 123 Å². The molecule has 1 aliphatic rings. The van der Waals surface area contributed by atoms with Crippen molar-refractivity contribution in [2.45, 2.75) is 0 Å². The van der Waals surface area contributed by atoms with Crippen LogP contribution in [-0.4, -0.2) is 42.3 Å². The molecule has 1 aromatic carbocycles. The predicted octanol–water partition coefficient (Wildman–Crippen LogP) is 0.938. The van der Waals surface area contributed by atoms with Crippen LogP contribution in [0.15, 0.2) is 36.4 Å². The minimum atomic E-state index is -0.250. The van der Waals surface area contributed by atoms with Gasteiger partial charge in [0.15, 0.2) is 5.11 Å². The lowest BCUT2D eigenvalue weighted by molar-refractivity contribution is -0.115. The van der Waals surface area contributed by atoms with Crippen molar-refractivity contribution in [2.24, 2.45) is 0 Å². The fourth-order valence-corrected chi connectivity index (χ4v) is 1.97. The number of ether oxygens (including phenoxy) is 1. The van der Waals surface area contributed by atoms with E-state index >= 15 is 0 Å². The van der Waals surface area contributed by atoms with Gasteiger partial charge in [-0.2, -0.15) is 0 Å². The number of amides is 1. The van der Waals surface area contributed by atoms with E-state index in [4.69, 9.17) is 17.0 Å². The molecule has 0 spiro atoms. The summed E-state index contributed by atoms with van der Waals surface area (Å²) in [5, 5.41) is 4.83. The molecule has 2 N–H and O–H groups in total. The molecule has 1 amide bonds. The molecule has 106 valence electrons. The van der Waals surface area contributed by atoms with Crippen LogP contribution >= 0.6 is 12.2 Å². The molecule has 1 saturated heterocycles. The zero-order valence-electron chi connectivity index (χ0n) is 11.0. The number of morpholine rings is 1. The summed E-state index contributed by atoms with van der Waals surface area (Å²) in [5.41, 5.74) is 3.93. The quantitative estimate of drug-likeness (QED) is 0.641. The van der Waals surface area contributed by atoms with E-state index in [1.807, 2.05) is 35.3 Å². The van der Waals surface area contributed by atoms with Gasteiger partial charge < -0.3 is 4.74 Å². The fraction of sp³-hybridized carbons (Fsp3) is 0.286. The first-order chi connectivity index (χ1) is 9.74. The van der Waals surface area contributed by atoms with Crippen molar-refractivity contribution in [3.05, 3.63) is 42.0 Å². The molecule has 0 unspecified atom stereocenters. The van der Waals surface area contributed by atoms with E-state index in [1.54, 1.807) is 6.08 Å². The van der Waals surface area contributed by atoms with Gasteiger partial charge in [-0.3, -0.25) is 15.5 Å². The van der Waals surface area contributed by atoms with Crippen LogP contribution in [0, 0.1) is 0 Å².